The van der Waals surface area contributed by atoms with Crippen molar-refractivity contribution in [1.29, 1.82) is 0 Å². The number of aromatic nitrogens is 4. The van der Waals surface area contributed by atoms with Crippen molar-refractivity contribution in [3.63, 3.8) is 0 Å². The van der Waals surface area contributed by atoms with E-state index in [1.807, 2.05) is 48.5 Å². The van der Waals surface area contributed by atoms with E-state index >= 15 is 0 Å². The summed E-state index contributed by atoms with van der Waals surface area (Å²) in [6.45, 7) is 0. The number of hydrogen-bond acceptors (Lipinski definition) is 4. The average Bonchev–Trinajstić information content (AvgIpc) is 2.62. The van der Waals surface area contributed by atoms with Gasteiger partial charge in [-0.1, -0.05) is 42.5 Å². The van der Waals surface area contributed by atoms with Gasteiger partial charge in [0.2, 0.25) is 0 Å². The molecule has 0 atom stereocenters. The lowest BCUT2D eigenvalue weighted by Gasteiger charge is -2.05. The van der Waals surface area contributed by atoms with Crippen molar-refractivity contribution < 1.29 is 0 Å². The predicted octanol–water partition coefficient (Wildman–Crippen LogP) is 3.75. The summed E-state index contributed by atoms with van der Waals surface area (Å²) < 4.78 is 0. The zero-order valence-corrected chi connectivity index (χ0v) is 11.7. The molecule has 4 rings (SSSR count). The maximum absolute atomic E-state index is 4.73. The van der Waals surface area contributed by atoms with Crippen molar-refractivity contribution in [2.75, 3.05) is 0 Å². The molecular weight excluding hydrogens is 272 g/mol. The Morgan fingerprint density at radius 2 is 1.50 bits per heavy atom. The lowest BCUT2D eigenvalue weighted by Crippen LogP contribution is -1.90. The minimum absolute atomic E-state index is 0.664. The fourth-order valence-corrected chi connectivity index (χ4v) is 2.43. The third-order valence-corrected chi connectivity index (χ3v) is 3.51. The second kappa shape index (κ2) is 5.33. The molecule has 0 N–H and O–H groups in total. The molecule has 0 spiro atoms. The van der Waals surface area contributed by atoms with Crippen LogP contribution >= 0.6 is 0 Å². The van der Waals surface area contributed by atoms with Crippen LogP contribution < -0.4 is 0 Å². The van der Waals surface area contributed by atoms with Gasteiger partial charge in [-0.3, -0.25) is 0 Å². The molecule has 22 heavy (non-hydrogen) atoms. The number of fused-ring (bicyclic) bond motifs is 1. The van der Waals surface area contributed by atoms with Crippen LogP contribution in [-0.4, -0.2) is 19.9 Å². The van der Waals surface area contributed by atoms with Gasteiger partial charge in [-0.05, 0) is 18.2 Å². The molecule has 2 heterocycles. The van der Waals surface area contributed by atoms with Gasteiger partial charge in [0.1, 0.15) is 12.7 Å². The average molecular weight is 284 g/mol. The summed E-state index contributed by atoms with van der Waals surface area (Å²) in [5.41, 5.74) is 3.93. The van der Waals surface area contributed by atoms with Gasteiger partial charge in [0.05, 0.1) is 11.2 Å². The molecule has 0 saturated heterocycles. The first kappa shape index (κ1) is 12.6. The Balaban J connectivity index is 1.81. The zero-order chi connectivity index (χ0) is 14.8. The predicted molar refractivity (Wildman–Crippen MR) is 86.0 cm³/mol. The molecule has 0 amide bonds. The van der Waals surface area contributed by atoms with E-state index in [4.69, 9.17) is 4.98 Å². The molecule has 2 aromatic carbocycles. The Kier molecular flexibility index (Phi) is 3.05. The number of nitrogens with zero attached hydrogens (tertiary/aromatic N) is 4. The van der Waals surface area contributed by atoms with E-state index in [2.05, 4.69) is 27.1 Å². The van der Waals surface area contributed by atoms with Crippen molar-refractivity contribution in [1.82, 2.24) is 19.9 Å². The maximum atomic E-state index is 4.73. The standard InChI is InChI=1S/C18H12N4/c1-2-7-16-13(4-1)8-9-17(22-16)14-5-3-6-15(10-14)18-20-11-19-12-21-18/h1-12H. The summed E-state index contributed by atoms with van der Waals surface area (Å²) in [4.78, 5) is 17.0. The summed E-state index contributed by atoms with van der Waals surface area (Å²) in [5.74, 6) is 0.664. The van der Waals surface area contributed by atoms with Gasteiger partial charge in [-0.15, -0.1) is 0 Å². The van der Waals surface area contributed by atoms with Crippen LogP contribution in [0.3, 0.4) is 0 Å². The van der Waals surface area contributed by atoms with Gasteiger partial charge in [0.25, 0.3) is 0 Å². The number of pyridine rings is 1. The van der Waals surface area contributed by atoms with Crippen LogP contribution in [0.1, 0.15) is 0 Å². The summed E-state index contributed by atoms with van der Waals surface area (Å²) >= 11 is 0. The highest BCUT2D eigenvalue weighted by Gasteiger charge is 2.05. The summed E-state index contributed by atoms with van der Waals surface area (Å²) in [7, 11) is 0. The van der Waals surface area contributed by atoms with Crippen molar-refractivity contribution >= 4 is 10.9 Å². The monoisotopic (exact) mass is 284 g/mol. The Morgan fingerprint density at radius 3 is 2.41 bits per heavy atom. The molecule has 0 fully saturated rings. The van der Waals surface area contributed by atoms with Gasteiger partial charge in [0.15, 0.2) is 5.82 Å². The molecule has 0 aliphatic heterocycles. The van der Waals surface area contributed by atoms with E-state index in [1.54, 1.807) is 0 Å². The molecule has 0 aliphatic carbocycles. The number of hydrogen-bond donors (Lipinski definition) is 0. The van der Waals surface area contributed by atoms with Crippen molar-refractivity contribution in [2.45, 2.75) is 0 Å². The molecule has 104 valence electrons. The molecule has 4 nitrogen and oxygen atoms in total. The molecule has 0 saturated carbocycles. The number of rotatable bonds is 2. The van der Waals surface area contributed by atoms with E-state index in [-0.39, 0.29) is 0 Å². The van der Waals surface area contributed by atoms with Gasteiger partial charge in [-0.25, -0.2) is 19.9 Å². The summed E-state index contributed by atoms with van der Waals surface area (Å²) in [5, 5.41) is 1.14. The van der Waals surface area contributed by atoms with Crippen LogP contribution in [0, 0.1) is 0 Å². The van der Waals surface area contributed by atoms with E-state index in [1.165, 1.54) is 12.7 Å². The normalized spacial score (nSPS) is 10.7. The fraction of sp³-hybridized carbons (Fsp3) is 0. The topological polar surface area (TPSA) is 51.6 Å². The lowest BCUT2D eigenvalue weighted by molar-refractivity contribution is 1.06. The molecule has 4 aromatic rings. The van der Waals surface area contributed by atoms with Gasteiger partial charge < -0.3 is 0 Å². The highest BCUT2D eigenvalue weighted by Crippen LogP contribution is 2.24. The van der Waals surface area contributed by atoms with E-state index in [0.717, 1.165) is 27.7 Å². The number of benzene rings is 2. The van der Waals surface area contributed by atoms with Gasteiger partial charge >= 0.3 is 0 Å². The molecule has 0 bridgehead atoms. The summed E-state index contributed by atoms with van der Waals surface area (Å²) in [6.07, 6.45) is 3.01. The van der Waals surface area contributed by atoms with Crippen molar-refractivity contribution in [2.24, 2.45) is 0 Å². The van der Waals surface area contributed by atoms with E-state index in [9.17, 15) is 0 Å². The largest absolute Gasteiger partial charge is 0.248 e. The van der Waals surface area contributed by atoms with Crippen LogP contribution in [0.2, 0.25) is 0 Å². The molecule has 2 aromatic heterocycles. The van der Waals surface area contributed by atoms with Gasteiger partial charge in [-0.2, -0.15) is 0 Å². The molecule has 4 heteroatoms. The second-order valence-corrected chi connectivity index (χ2v) is 4.93. The maximum Gasteiger partial charge on any atom is 0.162 e. The molecule has 0 radical (unpaired) electrons. The van der Waals surface area contributed by atoms with Crippen LogP contribution in [0.25, 0.3) is 33.5 Å². The minimum atomic E-state index is 0.664. The number of para-hydroxylation sites is 1. The first-order chi connectivity index (χ1) is 10.9. The highest BCUT2D eigenvalue weighted by atomic mass is 15.0. The first-order valence-electron chi connectivity index (χ1n) is 6.99. The lowest BCUT2D eigenvalue weighted by atomic mass is 10.1. The van der Waals surface area contributed by atoms with E-state index in [0.29, 0.717) is 5.82 Å². The highest BCUT2D eigenvalue weighted by molar-refractivity contribution is 5.82. The Labute approximate surface area is 127 Å². The van der Waals surface area contributed by atoms with E-state index < -0.39 is 0 Å². The van der Waals surface area contributed by atoms with Crippen LogP contribution in [0.5, 0.6) is 0 Å². The zero-order valence-electron chi connectivity index (χ0n) is 11.7. The second-order valence-electron chi connectivity index (χ2n) is 4.93. The first-order valence-corrected chi connectivity index (χ1v) is 6.99. The van der Waals surface area contributed by atoms with Crippen LogP contribution in [0.4, 0.5) is 0 Å². The van der Waals surface area contributed by atoms with Crippen LogP contribution in [-0.2, 0) is 0 Å². The molecule has 0 unspecified atom stereocenters. The quantitative estimate of drug-likeness (QED) is 0.562. The van der Waals surface area contributed by atoms with Crippen LogP contribution in [0.15, 0.2) is 73.3 Å². The Bertz CT molecular complexity index is 935. The van der Waals surface area contributed by atoms with Crippen molar-refractivity contribution in [3.05, 3.63) is 73.3 Å². The third kappa shape index (κ3) is 2.31. The summed E-state index contributed by atoms with van der Waals surface area (Å²) in [6, 6.07) is 20.3. The molecule has 0 aliphatic rings. The third-order valence-electron chi connectivity index (χ3n) is 3.51. The fourth-order valence-electron chi connectivity index (χ4n) is 2.43. The molecular formula is C18H12N4. The Hall–Kier alpha value is -3.14. The Morgan fingerprint density at radius 1 is 0.682 bits per heavy atom. The smallest absolute Gasteiger partial charge is 0.162 e. The SMILES string of the molecule is c1cc(-c2ccc3ccccc3n2)cc(-c2ncncn2)c1. The van der Waals surface area contributed by atoms with Crippen molar-refractivity contribution in [3.8, 4) is 22.6 Å². The van der Waals surface area contributed by atoms with Gasteiger partial charge in [0, 0.05) is 16.5 Å². The minimum Gasteiger partial charge on any atom is -0.248 e.